The van der Waals surface area contributed by atoms with Crippen LogP contribution in [-0.4, -0.2) is 47.2 Å². The van der Waals surface area contributed by atoms with Crippen LogP contribution in [0.5, 0.6) is 0 Å². The Morgan fingerprint density at radius 2 is 1.92 bits per heavy atom. The van der Waals surface area contributed by atoms with Gasteiger partial charge >= 0.3 is 0 Å². The molecule has 13 heteroatoms. The molecule has 1 saturated heterocycles. The molecular formula is C24H30N4O6S3. The summed E-state index contributed by atoms with van der Waals surface area (Å²) >= 11 is 1.04. The van der Waals surface area contributed by atoms with E-state index in [1.54, 1.807) is 24.3 Å². The van der Waals surface area contributed by atoms with Crippen molar-refractivity contribution in [1.29, 1.82) is 0 Å². The molecule has 200 valence electrons. The molecule has 1 amide bonds. The molecule has 0 saturated carbocycles. The van der Waals surface area contributed by atoms with Crippen LogP contribution in [0.2, 0.25) is 0 Å². The minimum absolute atomic E-state index is 0.157. The second kappa shape index (κ2) is 9.93. The highest BCUT2D eigenvalue weighted by molar-refractivity contribution is 7.91. The Kier molecular flexibility index (Phi) is 7.36. The largest absolute Gasteiger partial charge is 0.333 e. The summed E-state index contributed by atoms with van der Waals surface area (Å²) in [5.41, 5.74) is -0.0619. The summed E-state index contributed by atoms with van der Waals surface area (Å²) in [6, 6.07) is 8.97. The second-order valence-electron chi connectivity index (χ2n) is 10.1. The number of nitrogens with one attached hydrogen (secondary N) is 2. The highest BCUT2D eigenvalue weighted by atomic mass is 32.2. The zero-order valence-corrected chi connectivity index (χ0v) is 23.5. The van der Waals surface area contributed by atoms with Crippen molar-refractivity contribution in [3.05, 3.63) is 41.3 Å². The third-order valence-electron chi connectivity index (χ3n) is 6.55. The number of thiophene rings is 1. The van der Waals surface area contributed by atoms with Gasteiger partial charge in [-0.3, -0.25) is 9.59 Å². The summed E-state index contributed by atoms with van der Waals surface area (Å²) in [5, 5.41) is 4.62. The summed E-state index contributed by atoms with van der Waals surface area (Å²) in [4.78, 5) is 28.9. The Balaban J connectivity index is 1.74. The highest BCUT2D eigenvalue weighted by Crippen LogP contribution is 2.42. The molecule has 10 nitrogen and oxygen atoms in total. The lowest BCUT2D eigenvalue weighted by molar-refractivity contribution is -0.139. The minimum Gasteiger partial charge on any atom is -0.333 e. The molecule has 0 spiro atoms. The van der Waals surface area contributed by atoms with Crippen LogP contribution in [0.3, 0.4) is 0 Å². The normalized spacial score (nSPS) is 23.5. The summed E-state index contributed by atoms with van der Waals surface area (Å²) in [6.07, 6.45) is 2.27. The number of carbonyl (C=O) groups is 2. The van der Waals surface area contributed by atoms with Crippen molar-refractivity contribution in [2.45, 2.75) is 45.1 Å². The van der Waals surface area contributed by atoms with E-state index >= 15 is 0 Å². The molecule has 3 heterocycles. The molecule has 37 heavy (non-hydrogen) atoms. The molecule has 2 aliphatic rings. The van der Waals surface area contributed by atoms with Gasteiger partial charge in [0.15, 0.2) is 11.7 Å². The maximum Gasteiger partial charge on any atom is 0.287 e. The van der Waals surface area contributed by atoms with Gasteiger partial charge in [-0.1, -0.05) is 39.0 Å². The number of Topliss-reactive ketones (excluding diaryl/α,β-unsaturated/α-hetero) is 1. The Morgan fingerprint density at radius 1 is 1.24 bits per heavy atom. The van der Waals surface area contributed by atoms with E-state index in [4.69, 9.17) is 0 Å². The van der Waals surface area contributed by atoms with Crippen LogP contribution < -0.4 is 14.9 Å². The summed E-state index contributed by atoms with van der Waals surface area (Å²) in [5.74, 6) is -2.23. The van der Waals surface area contributed by atoms with Crippen LogP contribution in [0, 0.1) is 17.3 Å². The summed E-state index contributed by atoms with van der Waals surface area (Å²) < 4.78 is 55.7. The van der Waals surface area contributed by atoms with E-state index in [-0.39, 0.29) is 40.2 Å². The van der Waals surface area contributed by atoms with E-state index in [1.807, 2.05) is 13.0 Å². The minimum atomic E-state index is -4.31. The molecule has 0 bridgehead atoms. The van der Waals surface area contributed by atoms with Gasteiger partial charge in [0.1, 0.15) is 15.7 Å². The monoisotopic (exact) mass is 566 g/mol. The number of hydrogen-bond acceptors (Lipinski definition) is 8. The number of fused-ring (bicyclic) bond motifs is 1. The molecule has 1 aromatic heterocycles. The number of anilines is 2. The molecule has 4 rings (SSSR count). The molecule has 0 aliphatic carbocycles. The van der Waals surface area contributed by atoms with E-state index in [2.05, 4.69) is 28.3 Å². The predicted molar refractivity (Wildman–Crippen MR) is 144 cm³/mol. The first-order valence-electron chi connectivity index (χ1n) is 11.8. The van der Waals surface area contributed by atoms with Crippen molar-refractivity contribution in [1.82, 2.24) is 4.72 Å². The van der Waals surface area contributed by atoms with Crippen LogP contribution >= 0.6 is 11.3 Å². The molecule has 1 aromatic carbocycles. The number of sulfonamides is 2. The lowest BCUT2D eigenvalue weighted by atomic mass is 9.71. The van der Waals surface area contributed by atoms with Gasteiger partial charge in [0.25, 0.3) is 10.0 Å². The van der Waals surface area contributed by atoms with Crippen LogP contribution in [-0.2, 0) is 36.2 Å². The van der Waals surface area contributed by atoms with Crippen molar-refractivity contribution < 1.29 is 26.4 Å². The van der Waals surface area contributed by atoms with E-state index in [9.17, 15) is 26.4 Å². The number of ketones is 1. The van der Waals surface area contributed by atoms with Crippen LogP contribution in [0.4, 0.5) is 10.7 Å². The number of amidine groups is 1. The Hall–Kier alpha value is -2.61. The van der Waals surface area contributed by atoms with Gasteiger partial charge in [0.05, 0.1) is 6.26 Å². The smallest absolute Gasteiger partial charge is 0.287 e. The molecule has 2 aromatic rings. The fourth-order valence-corrected chi connectivity index (χ4v) is 7.58. The molecule has 1 fully saturated rings. The van der Waals surface area contributed by atoms with Gasteiger partial charge < -0.3 is 10.2 Å². The quantitative estimate of drug-likeness (QED) is 0.468. The lowest BCUT2D eigenvalue weighted by Crippen LogP contribution is -2.59. The number of benzene rings is 1. The maximum atomic E-state index is 13.9. The van der Waals surface area contributed by atoms with Gasteiger partial charge in [-0.05, 0) is 36.3 Å². The lowest BCUT2D eigenvalue weighted by Gasteiger charge is -2.43. The molecule has 2 N–H and O–H groups in total. The first kappa shape index (κ1) is 27.4. The van der Waals surface area contributed by atoms with Crippen molar-refractivity contribution in [3.63, 3.8) is 0 Å². The highest BCUT2D eigenvalue weighted by Gasteiger charge is 2.52. The van der Waals surface area contributed by atoms with Gasteiger partial charge in [-0.2, -0.15) is 8.42 Å². The molecular weight excluding hydrogens is 536 g/mol. The van der Waals surface area contributed by atoms with Gasteiger partial charge in [-0.25, -0.2) is 13.1 Å². The molecule has 2 aliphatic heterocycles. The van der Waals surface area contributed by atoms with Crippen molar-refractivity contribution >= 4 is 59.6 Å². The first-order chi connectivity index (χ1) is 17.2. The zero-order chi connectivity index (χ0) is 27.2. The molecule has 0 radical (unpaired) electrons. The van der Waals surface area contributed by atoms with Crippen LogP contribution in [0.15, 0.2) is 45.0 Å². The molecule has 2 atom stereocenters. The Labute approximate surface area is 221 Å². The second-order valence-corrected chi connectivity index (χ2v) is 14.4. The third kappa shape index (κ3) is 5.64. The van der Waals surface area contributed by atoms with Crippen molar-refractivity contribution in [2.75, 3.05) is 23.0 Å². The topological polar surface area (TPSA) is 142 Å². The van der Waals surface area contributed by atoms with Crippen LogP contribution in [0.25, 0.3) is 0 Å². The average molecular weight is 567 g/mol. The summed E-state index contributed by atoms with van der Waals surface area (Å²) in [7, 11) is -7.86. The molecule has 2 unspecified atom stereocenters. The number of para-hydroxylation sites is 1. The predicted octanol–water partition coefficient (Wildman–Crippen LogP) is 2.98. The van der Waals surface area contributed by atoms with Gasteiger partial charge in [-0.15, -0.1) is 15.7 Å². The average Bonchev–Trinajstić information content (AvgIpc) is 3.23. The standard InChI is InChI=1S/C24H30N4O6S3/c1-15(2)10-11-24(3)14-28(17-8-6-5-7-9-17)23(30)18(20(24)29)21-26-22-19(37(33,34)27-21)16(13-35-22)12-25-36(4,31)32/h5-9,13,15,18,25H,10-12,14H2,1-4H3,(H,26,27). The van der Waals surface area contributed by atoms with E-state index in [0.717, 1.165) is 24.0 Å². The maximum absolute atomic E-state index is 13.9. The fraction of sp³-hybridized carbons (Fsp3) is 0.458. The van der Waals surface area contributed by atoms with E-state index < -0.39 is 37.3 Å². The van der Waals surface area contributed by atoms with E-state index in [0.29, 0.717) is 18.0 Å². The Morgan fingerprint density at radius 3 is 2.54 bits per heavy atom. The first-order valence-corrected chi connectivity index (χ1v) is 16.0. The number of amides is 1. The number of hydrogen-bond donors (Lipinski definition) is 2. The summed E-state index contributed by atoms with van der Waals surface area (Å²) in [6.45, 7) is 5.89. The Bertz CT molecular complexity index is 1460. The number of piperidine rings is 1. The third-order valence-corrected chi connectivity index (χ3v) is 9.71. The van der Waals surface area contributed by atoms with Crippen molar-refractivity contribution in [3.8, 4) is 0 Å². The zero-order valence-electron chi connectivity index (χ0n) is 21.0. The SMILES string of the molecule is CC(C)CCC1(C)CN(c2ccccc2)C(=O)C(C2=NS(=O)(=O)c3c(CNS(C)(=O)=O)csc3N2)C1=O. The number of carbonyl (C=O) groups excluding carboxylic acids is 2. The number of rotatable bonds is 8. The van der Waals surface area contributed by atoms with Crippen LogP contribution in [0.1, 0.15) is 39.2 Å². The van der Waals surface area contributed by atoms with Gasteiger partial charge in [0.2, 0.25) is 15.9 Å². The van der Waals surface area contributed by atoms with E-state index in [1.165, 1.54) is 10.3 Å². The van der Waals surface area contributed by atoms with Gasteiger partial charge in [0, 0.05) is 29.8 Å². The number of nitrogens with zero attached hydrogens (tertiary/aromatic N) is 2. The van der Waals surface area contributed by atoms with Crippen molar-refractivity contribution in [2.24, 2.45) is 21.6 Å². The fourth-order valence-electron chi connectivity index (χ4n) is 4.52.